The molecule has 7 heteroatoms. The molecule has 26 heavy (non-hydrogen) atoms. The third-order valence-electron chi connectivity index (χ3n) is 4.06. The molecule has 2 unspecified atom stereocenters. The smallest absolute Gasteiger partial charge is 0.241 e. The Balaban J connectivity index is 1.53. The van der Waals surface area contributed by atoms with E-state index in [-0.39, 0.29) is 11.9 Å². The molecule has 1 aliphatic rings. The fraction of sp³-hybridized carbons (Fsp3) is 0.316. The summed E-state index contributed by atoms with van der Waals surface area (Å²) in [5.41, 5.74) is 8.05. The lowest BCUT2D eigenvalue weighted by Crippen LogP contribution is -2.68. The maximum Gasteiger partial charge on any atom is 0.241 e. The van der Waals surface area contributed by atoms with Crippen LogP contribution >= 0.6 is 0 Å². The quantitative estimate of drug-likeness (QED) is 0.604. The minimum Gasteiger partial charge on any atom is -0.497 e. The molecular weight excluding hydrogens is 332 g/mol. The molecule has 138 valence electrons. The van der Waals surface area contributed by atoms with Gasteiger partial charge in [-0.05, 0) is 43.2 Å². The first-order valence-corrected chi connectivity index (χ1v) is 8.61. The van der Waals surface area contributed by atoms with Crippen LogP contribution in [0.5, 0.6) is 11.5 Å². The van der Waals surface area contributed by atoms with Gasteiger partial charge in [-0.25, -0.2) is 10.9 Å². The molecule has 1 aliphatic heterocycles. The van der Waals surface area contributed by atoms with E-state index in [1.165, 1.54) is 0 Å². The second-order valence-electron chi connectivity index (χ2n) is 5.94. The van der Waals surface area contributed by atoms with E-state index in [4.69, 9.17) is 9.47 Å². The lowest BCUT2D eigenvalue weighted by atomic mass is 10.1. The number of methoxy groups -OCH3 is 1. The second-order valence-corrected chi connectivity index (χ2v) is 5.94. The Kier molecular flexibility index (Phi) is 5.93. The highest BCUT2D eigenvalue weighted by Gasteiger charge is 2.27. The molecule has 4 N–H and O–H groups in total. The first-order valence-electron chi connectivity index (χ1n) is 8.61. The van der Waals surface area contributed by atoms with Gasteiger partial charge in [0.05, 0.1) is 13.7 Å². The van der Waals surface area contributed by atoms with E-state index in [1.54, 1.807) is 7.11 Å². The van der Waals surface area contributed by atoms with Gasteiger partial charge in [0.1, 0.15) is 17.5 Å². The fourth-order valence-corrected chi connectivity index (χ4v) is 2.75. The SMILES string of the molecule is CCOc1ccc(CC2NNC(Nc3cccc(OC)c3)NC2=O)cc1. The van der Waals surface area contributed by atoms with Crippen LogP contribution in [0.25, 0.3) is 0 Å². The number of carbonyl (C=O) groups is 1. The van der Waals surface area contributed by atoms with Crippen molar-refractivity contribution in [2.24, 2.45) is 0 Å². The van der Waals surface area contributed by atoms with Gasteiger partial charge in [-0.2, -0.15) is 0 Å². The van der Waals surface area contributed by atoms with E-state index in [0.29, 0.717) is 13.0 Å². The van der Waals surface area contributed by atoms with E-state index < -0.39 is 6.29 Å². The highest BCUT2D eigenvalue weighted by Crippen LogP contribution is 2.17. The Morgan fingerprint density at radius 3 is 2.58 bits per heavy atom. The van der Waals surface area contributed by atoms with Crippen molar-refractivity contribution in [2.45, 2.75) is 25.7 Å². The number of rotatable bonds is 7. The van der Waals surface area contributed by atoms with Gasteiger partial charge in [0.15, 0.2) is 6.29 Å². The monoisotopic (exact) mass is 356 g/mol. The number of nitrogens with one attached hydrogen (secondary N) is 4. The van der Waals surface area contributed by atoms with Gasteiger partial charge >= 0.3 is 0 Å². The molecule has 1 heterocycles. The maximum absolute atomic E-state index is 12.4. The van der Waals surface area contributed by atoms with Crippen molar-refractivity contribution in [2.75, 3.05) is 19.0 Å². The Morgan fingerprint density at radius 2 is 1.88 bits per heavy atom. The molecule has 0 spiro atoms. The molecule has 2 atom stereocenters. The lowest BCUT2D eigenvalue weighted by Gasteiger charge is -2.32. The Labute approximate surface area is 153 Å². The Morgan fingerprint density at radius 1 is 1.08 bits per heavy atom. The number of hydrogen-bond acceptors (Lipinski definition) is 6. The molecule has 0 aromatic heterocycles. The molecule has 0 bridgehead atoms. The molecule has 3 rings (SSSR count). The minimum atomic E-state index is -0.411. The van der Waals surface area contributed by atoms with Crippen LogP contribution in [0.3, 0.4) is 0 Å². The third-order valence-corrected chi connectivity index (χ3v) is 4.06. The van der Waals surface area contributed by atoms with Crippen molar-refractivity contribution < 1.29 is 14.3 Å². The fourth-order valence-electron chi connectivity index (χ4n) is 2.75. The van der Waals surface area contributed by atoms with E-state index in [0.717, 1.165) is 22.7 Å². The van der Waals surface area contributed by atoms with E-state index in [2.05, 4.69) is 21.5 Å². The molecule has 0 saturated carbocycles. The molecule has 2 aromatic rings. The van der Waals surface area contributed by atoms with Gasteiger partial charge in [0.25, 0.3) is 0 Å². The van der Waals surface area contributed by atoms with Gasteiger partial charge < -0.3 is 20.1 Å². The first kappa shape index (κ1) is 18.0. The number of hydrazine groups is 1. The summed E-state index contributed by atoms with van der Waals surface area (Å²) in [6.07, 6.45) is 0.170. The molecule has 7 nitrogen and oxygen atoms in total. The highest BCUT2D eigenvalue weighted by molar-refractivity contribution is 5.83. The van der Waals surface area contributed by atoms with Crippen LogP contribution in [0, 0.1) is 0 Å². The van der Waals surface area contributed by atoms with Crippen LogP contribution in [0.2, 0.25) is 0 Å². The van der Waals surface area contributed by atoms with Crippen molar-refractivity contribution in [3.8, 4) is 11.5 Å². The van der Waals surface area contributed by atoms with Crippen LogP contribution in [0.15, 0.2) is 48.5 Å². The number of ether oxygens (including phenoxy) is 2. The maximum atomic E-state index is 12.4. The van der Waals surface area contributed by atoms with E-state index in [1.807, 2.05) is 55.5 Å². The van der Waals surface area contributed by atoms with Crippen LogP contribution in [-0.2, 0) is 11.2 Å². The molecule has 2 aromatic carbocycles. The molecular formula is C19H24N4O3. The van der Waals surface area contributed by atoms with Crippen LogP contribution in [0.1, 0.15) is 12.5 Å². The summed E-state index contributed by atoms with van der Waals surface area (Å²) in [6, 6.07) is 14.9. The minimum absolute atomic E-state index is 0.0713. The van der Waals surface area contributed by atoms with Gasteiger partial charge in [-0.1, -0.05) is 18.2 Å². The standard InChI is InChI=1S/C19H24N4O3/c1-3-26-15-9-7-13(8-10-15)11-17-18(24)21-19(23-22-17)20-14-5-4-6-16(12-14)25-2/h4-10,12,17,19-20,22-23H,3,11H2,1-2H3,(H,21,24). The van der Waals surface area contributed by atoms with Gasteiger partial charge in [0, 0.05) is 11.8 Å². The van der Waals surface area contributed by atoms with Crippen LogP contribution in [0.4, 0.5) is 5.69 Å². The summed E-state index contributed by atoms with van der Waals surface area (Å²) in [5, 5.41) is 6.10. The zero-order chi connectivity index (χ0) is 18.4. The summed E-state index contributed by atoms with van der Waals surface area (Å²) in [5.74, 6) is 1.51. The molecule has 0 radical (unpaired) electrons. The lowest BCUT2D eigenvalue weighted by molar-refractivity contribution is -0.126. The summed E-state index contributed by atoms with van der Waals surface area (Å²) >= 11 is 0. The molecule has 1 amide bonds. The Hall–Kier alpha value is -2.77. The first-order chi connectivity index (χ1) is 12.7. The van der Waals surface area contributed by atoms with Gasteiger partial charge in [-0.3, -0.25) is 4.79 Å². The van der Waals surface area contributed by atoms with Crippen molar-refractivity contribution in [3.05, 3.63) is 54.1 Å². The van der Waals surface area contributed by atoms with Crippen LogP contribution < -0.4 is 31.0 Å². The number of hydrogen-bond donors (Lipinski definition) is 4. The predicted octanol–water partition coefficient (Wildman–Crippen LogP) is 1.62. The van der Waals surface area contributed by atoms with E-state index in [9.17, 15) is 4.79 Å². The summed E-state index contributed by atoms with van der Waals surface area (Å²) in [7, 11) is 1.62. The van der Waals surface area contributed by atoms with Gasteiger partial charge in [0.2, 0.25) is 5.91 Å². The zero-order valence-electron chi connectivity index (χ0n) is 14.9. The number of anilines is 1. The summed E-state index contributed by atoms with van der Waals surface area (Å²) < 4.78 is 10.6. The number of amides is 1. The average Bonchev–Trinajstić information content (AvgIpc) is 2.66. The highest BCUT2D eigenvalue weighted by atomic mass is 16.5. The topological polar surface area (TPSA) is 83.7 Å². The molecule has 1 fully saturated rings. The molecule has 1 saturated heterocycles. The zero-order valence-corrected chi connectivity index (χ0v) is 14.9. The van der Waals surface area contributed by atoms with Crippen molar-refractivity contribution in [3.63, 3.8) is 0 Å². The van der Waals surface area contributed by atoms with Crippen molar-refractivity contribution in [1.29, 1.82) is 0 Å². The van der Waals surface area contributed by atoms with Gasteiger partial charge in [-0.15, -0.1) is 0 Å². The van der Waals surface area contributed by atoms with Crippen molar-refractivity contribution in [1.82, 2.24) is 16.2 Å². The normalized spacial score (nSPS) is 19.5. The third kappa shape index (κ3) is 4.65. The summed E-state index contributed by atoms with van der Waals surface area (Å²) in [6.45, 7) is 2.59. The number of benzene rings is 2. The summed E-state index contributed by atoms with van der Waals surface area (Å²) in [4.78, 5) is 12.4. The predicted molar refractivity (Wildman–Crippen MR) is 99.9 cm³/mol. The molecule has 0 aliphatic carbocycles. The van der Waals surface area contributed by atoms with Crippen LogP contribution in [-0.4, -0.2) is 32.0 Å². The largest absolute Gasteiger partial charge is 0.497 e. The number of carbonyl (C=O) groups excluding carboxylic acids is 1. The van der Waals surface area contributed by atoms with E-state index >= 15 is 0 Å². The average molecular weight is 356 g/mol. The second kappa shape index (κ2) is 8.55. The Bertz CT molecular complexity index is 736. The van der Waals surface area contributed by atoms with Crippen molar-refractivity contribution >= 4 is 11.6 Å².